The van der Waals surface area contributed by atoms with Gasteiger partial charge in [0, 0.05) is 17.8 Å². The number of hydrogen-bond donors (Lipinski definition) is 0. The van der Waals surface area contributed by atoms with Crippen molar-refractivity contribution in [3.05, 3.63) is 44.8 Å². The molecule has 1 aromatic heterocycles. The molecule has 1 saturated carbocycles. The first-order chi connectivity index (χ1) is 12.6. The van der Waals surface area contributed by atoms with Crippen LogP contribution < -0.4 is 10.4 Å². The molecule has 1 unspecified atom stereocenters. The van der Waals surface area contributed by atoms with Crippen LogP contribution >= 0.6 is 0 Å². The predicted octanol–water partition coefficient (Wildman–Crippen LogP) is 3.96. The summed E-state index contributed by atoms with van der Waals surface area (Å²) in [6.07, 6.45) is 5.32. The van der Waals surface area contributed by atoms with Crippen molar-refractivity contribution in [1.29, 1.82) is 0 Å². The van der Waals surface area contributed by atoms with E-state index in [0.29, 0.717) is 23.7 Å². The van der Waals surface area contributed by atoms with Gasteiger partial charge in [0.1, 0.15) is 6.10 Å². The Hall–Kier alpha value is -2.44. The maximum absolute atomic E-state index is 12.1. The number of para-hydroxylation sites is 1. The van der Waals surface area contributed by atoms with Crippen molar-refractivity contribution in [2.75, 3.05) is 0 Å². The van der Waals surface area contributed by atoms with Crippen LogP contribution in [0, 0.1) is 16.0 Å². The summed E-state index contributed by atoms with van der Waals surface area (Å²) in [5.41, 5.74) is 0.0851. The number of fused-ring (bicyclic) bond motifs is 1. The third kappa shape index (κ3) is 4.20. The van der Waals surface area contributed by atoms with Gasteiger partial charge in [0.05, 0.1) is 10.9 Å². The fourth-order valence-corrected chi connectivity index (χ4v) is 3.66. The fraction of sp³-hybridized carbons (Fsp3) is 0.579. The van der Waals surface area contributed by atoms with E-state index in [2.05, 4.69) is 11.9 Å². The molecule has 26 heavy (non-hydrogen) atoms. The Kier molecular flexibility index (Phi) is 5.85. The van der Waals surface area contributed by atoms with Gasteiger partial charge in [-0.2, -0.15) is 4.98 Å². The van der Waals surface area contributed by atoms with Gasteiger partial charge in [-0.3, -0.25) is 10.1 Å². The fourth-order valence-electron chi connectivity index (χ4n) is 3.66. The molecule has 0 bridgehead atoms. The zero-order valence-electron chi connectivity index (χ0n) is 14.9. The van der Waals surface area contributed by atoms with Crippen LogP contribution in [0.2, 0.25) is 0 Å². The van der Waals surface area contributed by atoms with Crippen molar-refractivity contribution in [2.45, 2.75) is 64.0 Å². The van der Waals surface area contributed by atoms with E-state index in [-0.39, 0.29) is 23.0 Å². The minimum absolute atomic E-state index is 0.00815. The zero-order valence-corrected chi connectivity index (χ0v) is 14.9. The molecule has 1 fully saturated rings. The van der Waals surface area contributed by atoms with E-state index in [9.17, 15) is 14.9 Å². The second kappa shape index (κ2) is 8.29. The van der Waals surface area contributed by atoms with Crippen LogP contribution in [-0.4, -0.2) is 22.1 Å². The van der Waals surface area contributed by atoms with Crippen molar-refractivity contribution in [1.82, 2.24) is 4.98 Å². The predicted molar refractivity (Wildman–Crippen MR) is 97.0 cm³/mol. The van der Waals surface area contributed by atoms with Crippen LogP contribution in [-0.2, 0) is 0 Å². The van der Waals surface area contributed by atoms with E-state index in [1.165, 1.54) is 0 Å². The van der Waals surface area contributed by atoms with Crippen LogP contribution in [0.4, 0.5) is 0 Å². The lowest BCUT2D eigenvalue weighted by Gasteiger charge is -2.30. The third-order valence-electron chi connectivity index (χ3n) is 5.18. The van der Waals surface area contributed by atoms with Gasteiger partial charge in [-0.1, -0.05) is 31.9 Å². The molecule has 0 N–H and O–H groups in total. The largest absolute Gasteiger partial charge is 0.447 e. The number of nitrogens with zero attached hydrogens (tertiary/aromatic N) is 2. The Bertz CT molecular complexity index is 811. The Morgan fingerprint density at radius 1 is 1.31 bits per heavy atom. The molecule has 1 atom stereocenters. The molecule has 7 nitrogen and oxygen atoms in total. The molecule has 0 radical (unpaired) electrons. The van der Waals surface area contributed by atoms with E-state index in [1.54, 1.807) is 18.2 Å². The monoisotopic (exact) mass is 360 g/mol. The molecule has 3 rings (SSSR count). The van der Waals surface area contributed by atoms with Crippen molar-refractivity contribution in [3.8, 4) is 6.08 Å². The Balaban J connectivity index is 1.76. The van der Waals surface area contributed by atoms with E-state index < -0.39 is 11.7 Å². The van der Waals surface area contributed by atoms with Crippen LogP contribution in [0.5, 0.6) is 6.08 Å². The lowest BCUT2D eigenvalue weighted by atomic mass is 9.81. The smallest absolute Gasteiger partial charge is 0.397 e. The number of unbranched alkanes of at least 4 members (excludes halogenated alkanes) is 1. The quantitative estimate of drug-likeness (QED) is 0.548. The molecule has 140 valence electrons. The summed E-state index contributed by atoms with van der Waals surface area (Å²) in [4.78, 5) is 27.2. The van der Waals surface area contributed by atoms with Gasteiger partial charge in [0.2, 0.25) is 6.04 Å². The van der Waals surface area contributed by atoms with Crippen LogP contribution in [0.25, 0.3) is 10.9 Å². The second-order valence-electron chi connectivity index (χ2n) is 6.94. The van der Waals surface area contributed by atoms with E-state index in [1.807, 2.05) is 6.07 Å². The van der Waals surface area contributed by atoms with Gasteiger partial charge in [-0.25, -0.2) is 4.79 Å². The topological polar surface area (TPSA) is 95.5 Å². The summed E-state index contributed by atoms with van der Waals surface area (Å²) in [6.45, 7) is 2.11. The second-order valence-corrected chi connectivity index (χ2v) is 6.94. The molecule has 1 aliphatic rings. The van der Waals surface area contributed by atoms with E-state index in [4.69, 9.17) is 9.15 Å². The highest BCUT2D eigenvalue weighted by Gasteiger charge is 2.34. The molecule has 1 heterocycles. The number of nitro groups is 1. The van der Waals surface area contributed by atoms with Gasteiger partial charge in [-0.15, -0.1) is 0 Å². The molecule has 1 aliphatic carbocycles. The molecular weight excluding hydrogens is 336 g/mol. The lowest BCUT2D eigenvalue weighted by molar-refractivity contribution is -0.527. The molecule has 0 spiro atoms. The molecule has 1 aromatic carbocycles. The summed E-state index contributed by atoms with van der Waals surface area (Å²) >= 11 is 0. The molecule has 7 heteroatoms. The summed E-state index contributed by atoms with van der Waals surface area (Å²) in [5.74, 6) is 0.219. The average molecular weight is 360 g/mol. The Morgan fingerprint density at radius 3 is 2.73 bits per heavy atom. The standard InChI is InChI=1S/C19H24N2O5/c1-2-3-8-17(13-9-11-14(12-10-13)21(23)24)25-19-20-16-7-5-4-6-15(16)18(22)26-19/h4-7,13-14,17H,2-3,8-12H2,1H3. The van der Waals surface area contributed by atoms with Crippen LogP contribution in [0.3, 0.4) is 0 Å². The van der Waals surface area contributed by atoms with Crippen LogP contribution in [0.1, 0.15) is 51.9 Å². The maximum atomic E-state index is 12.1. The van der Waals surface area contributed by atoms with Gasteiger partial charge in [-0.05, 0) is 37.3 Å². The number of rotatable bonds is 7. The van der Waals surface area contributed by atoms with Crippen LogP contribution in [0.15, 0.2) is 33.5 Å². The van der Waals surface area contributed by atoms with Crippen molar-refractivity contribution in [2.24, 2.45) is 5.92 Å². The Morgan fingerprint density at radius 2 is 2.04 bits per heavy atom. The summed E-state index contributed by atoms with van der Waals surface area (Å²) in [5, 5.41) is 11.4. The average Bonchev–Trinajstić information content (AvgIpc) is 2.65. The van der Waals surface area contributed by atoms with Gasteiger partial charge in [0.25, 0.3) is 0 Å². The molecular formula is C19H24N2O5. The summed E-state index contributed by atoms with van der Waals surface area (Å²) in [6, 6.07) is 6.55. The SMILES string of the molecule is CCCCC(Oc1nc2ccccc2c(=O)o1)C1CCC([N+](=O)[O-])CC1. The van der Waals surface area contributed by atoms with E-state index in [0.717, 1.165) is 32.1 Å². The highest BCUT2D eigenvalue weighted by Crippen LogP contribution is 2.32. The van der Waals surface area contributed by atoms with Crippen molar-refractivity contribution < 1.29 is 14.1 Å². The molecule has 0 amide bonds. The Labute approximate surface area is 151 Å². The van der Waals surface area contributed by atoms with Crippen molar-refractivity contribution in [3.63, 3.8) is 0 Å². The molecule has 0 aliphatic heterocycles. The maximum Gasteiger partial charge on any atom is 0.397 e. The van der Waals surface area contributed by atoms with Gasteiger partial charge >= 0.3 is 11.7 Å². The normalized spacial score (nSPS) is 21.4. The zero-order chi connectivity index (χ0) is 18.5. The van der Waals surface area contributed by atoms with E-state index >= 15 is 0 Å². The number of aromatic nitrogens is 1. The first kappa shape index (κ1) is 18.4. The highest BCUT2D eigenvalue weighted by atomic mass is 16.6. The van der Waals surface area contributed by atoms with Gasteiger partial charge < -0.3 is 9.15 Å². The first-order valence-corrected chi connectivity index (χ1v) is 9.28. The minimum atomic E-state index is -0.461. The number of ether oxygens (including phenoxy) is 1. The first-order valence-electron chi connectivity index (χ1n) is 9.28. The number of hydrogen-bond acceptors (Lipinski definition) is 6. The van der Waals surface area contributed by atoms with Gasteiger partial charge in [0.15, 0.2) is 0 Å². The lowest BCUT2D eigenvalue weighted by Crippen LogP contribution is -2.34. The van der Waals surface area contributed by atoms with Crippen molar-refractivity contribution >= 4 is 10.9 Å². The number of benzene rings is 1. The summed E-state index contributed by atoms with van der Waals surface area (Å²) in [7, 11) is 0. The molecule has 2 aromatic rings. The highest BCUT2D eigenvalue weighted by molar-refractivity contribution is 5.76. The molecule has 0 saturated heterocycles. The summed E-state index contributed by atoms with van der Waals surface area (Å²) < 4.78 is 11.2. The third-order valence-corrected chi connectivity index (χ3v) is 5.18. The minimum Gasteiger partial charge on any atom is -0.447 e.